The van der Waals surface area contributed by atoms with Crippen LogP contribution in [-0.2, 0) is 0 Å². The summed E-state index contributed by atoms with van der Waals surface area (Å²) < 4.78 is 1.84. The highest BCUT2D eigenvalue weighted by molar-refractivity contribution is 6.14. The minimum absolute atomic E-state index is 0.0537. The molecule has 0 aliphatic rings. The van der Waals surface area contributed by atoms with Crippen LogP contribution < -0.4 is 5.32 Å². The van der Waals surface area contributed by atoms with Crippen molar-refractivity contribution in [3.8, 4) is 5.88 Å². The largest absolute Gasteiger partial charge is 0.494 e. The molecule has 28 heavy (non-hydrogen) atoms. The number of fused-ring (bicyclic) bond motifs is 1. The van der Waals surface area contributed by atoms with Gasteiger partial charge in [-0.25, -0.2) is 4.99 Å². The summed E-state index contributed by atoms with van der Waals surface area (Å²) >= 11 is 0. The summed E-state index contributed by atoms with van der Waals surface area (Å²) in [7, 11) is 0. The van der Waals surface area contributed by atoms with Crippen LogP contribution in [0.5, 0.6) is 5.88 Å². The number of amides is 1. The molecule has 0 atom stereocenters. The van der Waals surface area contributed by atoms with Gasteiger partial charge in [0.15, 0.2) is 5.88 Å². The van der Waals surface area contributed by atoms with Crippen molar-refractivity contribution in [3.05, 3.63) is 41.7 Å². The van der Waals surface area contributed by atoms with Crippen LogP contribution in [0.15, 0.2) is 35.6 Å². The van der Waals surface area contributed by atoms with Crippen molar-refractivity contribution in [2.45, 2.75) is 46.6 Å². The first-order valence-electron chi connectivity index (χ1n) is 9.69. The molecule has 3 rings (SSSR count). The molecule has 0 unspecified atom stereocenters. The van der Waals surface area contributed by atoms with E-state index in [4.69, 9.17) is 4.99 Å². The van der Waals surface area contributed by atoms with Gasteiger partial charge in [-0.05, 0) is 44.9 Å². The number of nitrogens with one attached hydrogen (secondary N) is 2. The lowest BCUT2D eigenvalue weighted by Gasteiger charge is -2.06. The quantitative estimate of drug-likeness (QED) is 0.532. The third-order valence-corrected chi connectivity index (χ3v) is 4.58. The molecular formula is C21H27N5O2. The molecule has 1 aromatic carbocycles. The molecule has 2 aromatic heterocycles. The Balaban J connectivity index is 2.04. The van der Waals surface area contributed by atoms with Crippen LogP contribution in [0.25, 0.3) is 10.9 Å². The van der Waals surface area contributed by atoms with Gasteiger partial charge in [0.2, 0.25) is 0 Å². The number of carbonyl (C=O) groups is 1. The maximum Gasteiger partial charge on any atom is 0.251 e. The molecule has 0 spiro atoms. The van der Waals surface area contributed by atoms with Crippen molar-refractivity contribution in [2.75, 3.05) is 6.54 Å². The summed E-state index contributed by atoms with van der Waals surface area (Å²) in [6, 6.07) is 5.61. The molecular weight excluding hydrogens is 354 g/mol. The van der Waals surface area contributed by atoms with Crippen LogP contribution in [-0.4, -0.2) is 38.0 Å². The first kappa shape index (κ1) is 19.7. The summed E-state index contributed by atoms with van der Waals surface area (Å²) in [5.41, 5.74) is 3.41. The number of aromatic amines is 1. The summed E-state index contributed by atoms with van der Waals surface area (Å²) in [4.78, 5) is 20.0. The van der Waals surface area contributed by atoms with Crippen molar-refractivity contribution in [1.82, 2.24) is 20.1 Å². The molecule has 0 fully saturated rings. The van der Waals surface area contributed by atoms with E-state index in [1.165, 1.54) is 0 Å². The van der Waals surface area contributed by atoms with Crippen molar-refractivity contribution < 1.29 is 9.90 Å². The molecule has 3 aromatic rings. The second kappa shape index (κ2) is 8.29. The molecule has 0 aliphatic heterocycles. The smallest absolute Gasteiger partial charge is 0.251 e. The van der Waals surface area contributed by atoms with E-state index >= 15 is 0 Å². The second-order valence-electron chi connectivity index (χ2n) is 7.05. The van der Waals surface area contributed by atoms with Crippen molar-refractivity contribution in [2.24, 2.45) is 4.99 Å². The molecule has 0 saturated carbocycles. The summed E-state index contributed by atoms with van der Waals surface area (Å²) in [5.74, 6) is -0.0680. The van der Waals surface area contributed by atoms with Gasteiger partial charge in [-0.3, -0.25) is 9.48 Å². The Hall–Kier alpha value is -3.09. The van der Waals surface area contributed by atoms with Crippen molar-refractivity contribution in [3.63, 3.8) is 0 Å². The fourth-order valence-corrected chi connectivity index (χ4v) is 3.09. The van der Waals surface area contributed by atoms with Crippen LogP contribution in [0.3, 0.4) is 0 Å². The molecule has 7 nitrogen and oxygen atoms in total. The van der Waals surface area contributed by atoms with Gasteiger partial charge in [0.1, 0.15) is 5.69 Å². The molecule has 2 heterocycles. The van der Waals surface area contributed by atoms with Crippen LogP contribution >= 0.6 is 0 Å². The van der Waals surface area contributed by atoms with Gasteiger partial charge in [0, 0.05) is 29.1 Å². The van der Waals surface area contributed by atoms with Gasteiger partial charge in [-0.15, -0.1) is 0 Å². The number of hydrogen-bond acceptors (Lipinski definition) is 4. The number of aromatic nitrogens is 3. The topological polar surface area (TPSA) is 95.3 Å². The van der Waals surface area contributed by atoms with Crippen molar-refractivity contribution in [1.29, 1.82) is 0 Å². The zero-order valence-corrected chi connectivity index (χ0v) is 16.8. The lowest BCUT2D eigenvalue weighted by atomic mass is 10.0. The van der Waals surface area contributed by atoms with Gasteiger partial charge in [-0.2, -0.15) is 5.10 Å². The molecule has 0 aliphatic carbocycles. The number of rotatable bonds is 7. The number of hydrogen-bond donors (Lipinski definition) is 3. The number of nitrogens with zero attached hydrogens (tertiary/aromatic N) is 3. The van der Waals surface area contributed by atoms with Crippen LogP contribution in [0.4, 0.5) is 5.69 Å². The first-order valence-corrected chi connectivity index (χ1v) is 9.69. The van der Waals surface area contributed by atoms with E-state index in [0.29, 0.717) is 24.1 Å². The average Bonchev–Trinajstić information content (AvgIpc) is 3.27. The zero-order chi connectivity index (χ0) is 20.3. The Labute approximate surface area is 164 Å². The van der Waals surface area contributed by atoms with Gasteiger partial charge in [0.05, 0.1) is 23.7 Å². The predicted molar refractivity (Wildman–Crippen MR) is 112 cm³/mol. The Morgan fingerprint density at radius 2 is 2.14 bits per heavy atom. The average molecular weight is 381 g/mol. The SMILES string of the molecule is CCCNC(=O)c1ccc2[nH]c(O)c(C(CC)=Nc3cnn(C(C)C)c3)c2c1. The fraction of sp³-hybridized carbons (Fsp3) is 0.381. The molecule has 3 N–H and O–H groups in total. The Morgan fingerprint density at radius 1 is 1.36 bits per heavy atom. The number of H-pyrrole nitrogens is 1. The molecule has 0 bridgehead atoms. The summed E-state index contributed by atoms with van der Waals surface area (Å²) in [5, 5.41) is 18.5. The van der Waals surface area contributed by atoms with E-state index in [-0.39, 0.29) is 17.8 Å². The van der Waals surface area contributed by atoms with E-state index in [9.17, 15) is 9.90 Å². The first-order chi connectivity index (χ1) is 13.4. The minimum Gasteiger partial charge on any atom is -0.494 e. The maximum absolute atomic E-state index is 12.3. The van der Waals surface area contributed by atoms with E-state index < -0.39 is 0 Å². The Kier molecular flexibility index (Phi) is 5.82. The molecule has 1 amide bonds. The Bertz CT molecular complexity index is 1010. The van der Waals surface area contributed by atoms with Gasteiger partial charge >= 0.3 is 0 Å². The number of aromatic hydroxyl groups is 1. The van der Waals surface area contributed by atoms with Crippen molar-refractivity contribution >= 4 is 28.2 Å². The van der Waals surface area contributed by atoms with E-state index in [2.05, 4.69) is 29.2 Å². The summed E-state index contributed by atoms with van der Waals surface area (Å²) in [6.45, 7) is 8.73. The fourth-order valence-electron chi connectivity index (χ4n) is 3.09. The van der Waals surface area contributed by atoms with Gasteiger partial charge < -0.3 is 15.4 Å². The normalized spacial score (nSPS) is 12.1. The van der Waals surface area contributed by atoms with Crippen LogP contribution in [0.1, 0.15) is 62.5 Å². The highest BCUT2D eigenvalue weighted by Gasteiger charge is 2.18. The minimum atomic E-state index is -0.122. The zero-order valence-electron chi connectivity index (χ0n) is 16.8. The third-order valence-electron chi connectivity index (χ3n) is 4.58. The van der Waals surface area contributed by atoms with Crippen LogP contribution in [0.2, 0.25) is 0 Å². The van der Waals surface area contributed by atoms with E-state index in [1.54, 1.807) is 18.3 Å². The molecule has 0 radical (unpaired) electrons. The second-order valence-corrected chi connectivity index (χ2v) is 7.05. The number of carbonyl (C=O) groups excluding carboxylic acids is 1. The van der Waals surface area contributed by atoms with Gasteiger partial charge in [-0.1, -0.05) is 13.8 Å². The highest BCUT2D eigenvalue weighted by atomic mass is 16.3. The van der Waals surface area contributed by atoms with E-state index in [1.807, 2.05) is 30.8 Å². The predicted octanol–water partition coefficient (Wildman–Crippen LogP) is 4.32. The molecule has 7 heteroatoms. The standard InChI is InChI=1S/C21H27N5O2/c1-5-9-22-20(27)14-7-8-18-16(10-14)19(21(28)25-18)17(6-2)24-15-11-23-26(12-15)13(3)4/h7-8,10-13,25,28H,5-6,9H2,1-4H3,(H,22,27). The third kappa shape index (κ3) is 3.93. The maximum atomic E-state index is 12.3. The van der Waals surface area contributed by atoms with Gasteiger partial charge in [0.25, 0.3) is 5.91 Å². The Morgan fingerprint density at radius 3 is 2.79 bits per heavy atom. The van der Waals surface area contributed by atoms with E-state index in [0.717, 1.165) is 28.7 Å². The summed E-state index contributed by atoms with van der Waals surface area (Å²) in [6.07, 6.45) is 5.10. The lowest BCUT2D eigenvalue weighted by Crippen LogP contribution is -2.23. The lowest BCUT2D eigenvalue weighted by molar-refractivity contribution is 0.0954. The highest BCUT2D eigenvalue weighted by Crippen LogP contribution is 2.31. The molecule has 0 saturated heterocycles. The number of benzene rings is 1. The monoisotopic (exact) mass is 381 g/mol. The number of aliphatic imine (C=N–C) groups is 1. The molecule has 148 valence electrons. The van der Waals surface area contributed by atoms with Crippen LogP contribution in [0, 0.1) is 0 Å².